The maximum absolute atomic E-state index is 13.2. The van der Waals surface area contributed by atoms with Crippen molar-refractivity contribution in [1.82, 2.24) is 20.0 Å². The van der Waals surface area contributed by atoms with E-state index in [2.05, 4.69) is 15.4 Å². The molecule has 0 spiro atoms. The summed E-state index contributed by atoms with van der Waals surface area (Å²) in [6.45, 7) is 4.31. The average Bonchev–Trinajstić information content (AvgIpc) is 2.92. The number of nitrogens with zero attached hydrogens (tertiary/aromatic N) is 4. The first-order valence-corrected chi connectivity index (χ1v) is 7.74. The van der Waals surface area contributed by atoms with Gasteiger partial charge in [0.1, 0.15) is 5.82 Å². The van der Waals surface area contributed by atoms with Gasteiger partial charge in [-0.3, -0.25) is 9.67 Å². The zero-order chi connectivity index (χ0) is 16.7. The number of aliphatic imine (C=N–C) groups is 1. The maximum Gasteiger partial charge on any atom is 0.193 e. The number of benzene rings is 1. The Bertz CT molecular complexity index is 656. The molecule has 0 fully saturated rings. The minimum absolute atomic E-state index is 0. The fourth-order valence-electron chi connectivity index (χ4n) is 2.40. The molecule has 2 rings (SSSR count). The lowest BCUT2D eigenvalue weighted by Crippen LogP contribution is -2.39. The molecule has 0 aliphatic rings. The molecule has 1 aromatic heterocycles. The number of aromatic nitrogens is 2. The quantitative estimate of drug-likeness (QED) is 0.322. The lowest BCUT2D eigenvalue weighted by molar-refractivity contribution is 0.469. The molecule has 24 heavy (non-hydrogen) atoms. The molecular formula is C17H25FIN5. The van der Waals surface area contributed by atoms with Gasteiger partial charge in [-0.15, -0.1) is 24.0 Å². The van der Waals surface area contributed by atoms with Gasteiger partial charge in [0.2, 0.25) is 0 Å². The lowest BCUT2D eigenvalue weighted by atomic mass is 10.2. The molecule has 0 radical (unpaired) electrons. The Morgan fingerprint density at radius 2 is 2.21 bits per heavy atom. The molecule has 1 heterocycles. The number of hydrogen-bond acceptors (Lipinski definition) is 2. The van der Waals surface area contributed by atoms with Crippen LogP contribution in [0.15, 0.2) is 41.7 Å². The topological polar surface area (TPSA) is 45.5 Å². The van der Waals surface area contributed by atoms with Gasteiger partial charge in [0.15, 0.2) is 5.96 Å². The van der Waals surface area contributed by atoms with Crippen molar-refractivity contribution in [3.8, 4) is 0 Å². The van der Waals surface area contributed by atoms with Crippen LogP contribution in [-0.4, -0.2) is 41.3 Å². The maximum atomic E-state index is 13.2. The Morgan fingerprint density at radius 3 is 2.83 bits per heavy atom. The van der Waals surface area contributed by atoms with E-state index in [0.717, 1.165) is 31.0 Å². The molecular weight excluding hydrogens is 420 g/mol. The first kappa shape index (κ1) is 20.4. The predicted molar refractivity (Wildman–Crippen MR) is 106 cm³/mol. The zero-order valence-electron chi connectivity index (χ0n) is 14.4. The van der Waals surface area contributed by atoms with Crippen molar-refractivity contribution in [3.63, 3.8) is 0 Å². The van der Waals surface area contributed by atoms with Crippen molar-refractivity contribution < 1.29 is 4.39 Å². The fraction of sp³-hybridized carbons (Fsp3) is 0.412. The van der Waals surface area contributed by atoms with Crippen LogP contribution in [0.2, 0.25) is 0 Å². The zero-order valence-corrected chi connectivity index (χ0v) is 16.7. The van der Waals surface area contributed by atoms with Crippen LogP contribution in [0.5, 0.6) is 0 Å². The fourth-order valence-corrected chi connectivity index (χ4v) is 2.40. The molecule has 0 saturated heterocycles. The van der Waals surface area contributed by atoms with Gasteiger partial charge in [0.05, 0.1) is 6.20 Å². The van der Waals surface area contributed by atoms with E-state index in [0.29, 0.717) is 6.54 Å². The monoisotopic (exact) mass is 445 g/mol. The predicted octanol–water partition coefficient (Wildman–Crippen LogP) is 3.05. The highest BCUT2D eigenvalue weighted by molar-refractivity contribution is 14.0. The van der Waals surface area contributed by atoms with Crippen molar-refractivity contribution in [1.29, 1.82) is 0 Å². The van der Waals surface area contributed by atoms with E-state index in [1.54, 1.807) is 19.2 Å². The van der Waals surface area contributed by atoms with Crippen LogP contribution in [-0.2, 0) is 13.1 Å². The smallest absolute Gasteiger partial charge is 0.193 e. The Hall–Kier alpha value is -1.64. The Kier molecular flexibility index (Phi) is 8.73. The van der Waals surface area contributed by atoms with Gasteiger partial charge in [-0.2, -0.15) is 5.10 Å². The second-order valence-corrected chi connectivity index (χ2v) is 5.59. The van der Waals surface area contributed by atoms with Crippen LogP contribution in [0.4, 0.5) is 4.39 Å². The van der Waals surface area contributed by atoms with E-state index < -0.39 is 0 Å². The van der Waals surface area contributed by atoms with Gasteiger partial charge < -0.3 is 10.2 Å². The van der Waals surface area contributed by atoms with E-state index in [4.69, 9.17) is 0 Å². The standard InChI is InChI=1S/C17H24FN5.HI/c1-14-11-21-23(12-14)9-5-8-20-17(19-2)22(3)13-15-6-4-7-16(18)10-15;/h4,6-7,10-12H,5,8-9,13H2,1-3H3,(H,19,20);1H. The van der Waals surface area contributed by atoms with Crippen molar-refractivity contribution >= 4 is 29.9 Å². The third kappa shape index (κ3) is 6.46. The molecule has 0 bridgehead atoms. The molecule has 0 atom stereocenters. The third-order valence-corrected chi connectivity index (χ3v) is 3.49. The van der Waals surface area contributed by atoms with Crippen LogP contribution in [0, 0.1) is 12.7 Å². The second-order valence-electron chi connectivity index (χ2n) is 5.59. The number of guanidine groups is 1. The first-order valence-electron chi connectivity index (χ1n) is 7.74. The SMILES string of the molecule is CN=C(NCCCn1cc(C)cn1)N(C)Cc1cccc(F)c1.I. The molecule has 0 aliphatic heterocycles. The van der Waals surface area contributed by atoms with Crippen LogP contribution in [0.25, 0.3) is 0 Å². The molecule has 0 amide bonds. The molecule has 7 heteroatoms. The summed E-state index contributed by atoms with van der Waals surface area (Å²) < 4.78 is 15.2. The van der Waals surface area contributed by atoms with Gasteiger partial charge in [-0.1, -0.05) is 12.1 Å². The summed E-state index contributed by atoms with van der Waals surface area (Å²) in [6, 6.07) is 6.63. The molecule has 0 saturated carbocycles. The van der Waals surface area contributed by atoms with Crippen molar-refractivity contribution in [3.05, 3.63) is 53.6 Å². The molecule has 2 aromatic rings. The van der Waals surface area contributed by atoms with E-state index in [1.807, 2.05) is 42.0 Å². The summed E-state index contributed by atoms with van der Waals surface area (Å²) in [4.78, 5) is 6.25. The number of nitrogens with one attached hydrogen (secondary N) is 1. The highest BCUT2D eigenvalue weighted by Gasteiger charge is 2.06. The van der Waals surface area contributed by atoms with Crippen molar-refractivity contribution in [2.24, 2.45) is 4.99 Å². The molecule has 1 aromatic carbocycles. The molecule has 0 unspecified atom stereocenters. The van der Waals surface area contributed by atoms with Crippen LogP contribution < -0.4 is 5.32 Å². The Labute approximate surface area is 160 Å². The molecule has 1 N–H and O–H groups in total. The highest BCUT2D eigenvalue weighted by atomic mass is 127. The summed E-state index contributed by atoms with van der Waals surface area (Å²) in [7, 11) is 3.69. The van der Waals surface area contributed by atoms with E-state index in [9.17, 15) is 4.39 Å². The third-order valence-electron chi connectivity index (χ3n) is 3.49. The summed E-state index contributed by atoms with van der Waals surface area (Å²) >= 11 is 0. The first-order chi connectivity index (χ1) is 11.1. The molecule has 0 aliphatic carbocycles. The Balaban J connectivity index is 0.00000288. The van der Waals surface area contributed by atoms with Crippen molar-refractivity contribution in [2.45, 2.75) is 26.4 Å². The lowest BCUT2D eigenvalue weighted by Gasteiger charge is -2.22. The average molecular weight is 445 g/mol. The minimum Gasteiger partial charge on any atom is -0.356 e. The van der Waals surface area contributed by atoms with E-state index >= 15 is 0 Å². The molecule has 132 valence electrons. The number of rotatable bonds is 6. The van der Waals surface area contributed by atoms with Crippen LogP contribution in [0.1, 0.15) is 17.5 Å². The number of halogens is 2. The highest BCUT2D eigenvalue weighted by Crippen LogP contribution is 2.06. The van der Waals surface area contributed by atoms with Crippen LogP contribution >= 0.6 is 24.0 Å². The summed E-state index contributed by atoms with van der Waals surface area (Å²) in [5.74, 6) is 0.583. The number of aryl methyl sites for hydroxylation is 2. The van der Waals surface area contributed by atoms with Gasteiger partial charge in [0, 0.05) is 39.9 Å². The minimum atomic E-state index is -0.214. The summed E-state index contributed by atoms with van der Waals surface area (Å²) in [5, 5.41) is 7.59. The van der Waals surface area contributed by atoms with Crippen LogP contribution in [0.3, 0.4) is 0 Å². The Morgan fingerprint density at radius 1 is 1.42 bits per heavy atom. The summed E-state index contributed by atoms with van der Waals surface area (Å²) in [6.07, 6.45) is 4.85. The van der Waals surface area contributed by atoms with Crippen molar-refractivity contribution in [2.75, 3.05) is 20.6 Å². The largest absolute Gasteiger partial charge is 0.356 e. The number of hydrogen-bond donors (Lipinski definition) is 1. The second kappa shape index (κ2) is 10.3. The van der Waals surface area contributed by atoms with Gasteiger partial charge in [-0.05, 0) is 36.6 Å². The van der Waals surface area contributed by atoms with Gasteiger partial charge in [-0.25, -0.2) is 4.39 Å². The van der Waals surface area contributed by atoms with E-state index in [-0.39, 0.29) is 29.8 Å². The van der Waals surface area contributed by atoms with Gasteiger partial charge >= 0.3 is 0 Å². The normalized spacial score (nSPS) is 11.1. The summed E-state index contributed by atoms with van der Waals surface area (Å²) in [5.41, 5.74) is 2.09. The molecule has 5 nitrogen and oxygen atoms in total. The van der Waals surface area contributed by atoms with E-state index in [1.165, 1.54) is 11.6 Å². The van der Waals surface area contributed by atoms with Gasteiger partial charge in [0.25, 0.3) is 0 Å².